The zero-order valence-electron chi connectivity index (χ0n) is 12.5. The topological polar surface area (TPSA) is 84.2 Å². The lowest BCUT2D eigenvalue weighted by Gasteiger charge is -2.25. The van der Waals surface area contributed by atoms with Crippen LogP contribution in [0, 0.1) is 5.41 Å². The van der Waals surface area contributed by atoms with Crippen molar-refractivity contribution in [1.82, 2.24) is 0 Å². The molecular formula is C15H23N3O2. The summed E-state index contributed by atoms with van der Waals surface area (Å²) in [5, 5.41) is 5.51. The van der Waals surface area contributed by atoms with Crippen LogP contribution in [0.1, 0.15) is 34.1 Å². The van der Waals surface area contributed by atoms with Crippen molar-refractivity contribution in [3.05, 3.63) is 24.3 Å². The summed E-state index contributed by atoms with van der Waals surface area (Å²) in [5.41, 5.74) is 6.86. The Morgan fingerprint density at radius 2 is 1.75 bits per heavy atom. The summed E-state index contributed by atoms with van der Waals surface area (Å²) < 4.78 is 0. The molecule has 0 unspecified atom stereocenters. The molecule has 1 rings (SSSR count). The van der Waals surface area contributed by atoms with Crippen LogP contribution in [-0.2, 0) is 9.59 Å². The van der Waals surface area contributed by atoms with Crippen molar-refractivity contribution < 1.29 is 9.59 Å². The monoisotopic (exact) mass is 277 g/mol. The van der Waals surface area contributed by atoms with E-state index in [-0.39, 0.29) is 17.2 Å². The second kappa shape index (κ2) is 6.52. The Balaban J connectivity index is 2.76. The van der Waals surface area contributed by atoms with Gasteiger partial charge in [0.15, 0.2) is 0 Å². The number of carbonyl (C=O) groups excluding carboxylic acids is 2. The highest BCUT2D eigenvalue weighted by Crippen LogP contribution is 2.20. The average molecular weight is 277 g/mol. The van der Waals surface area contributed by atoms with Crippen molar-refractivity contribution >= 4 is 23.2 Å². The van der Waals surface area contributed by atoms with Crippen molar-refractivity contribution in [1.29, 1.82) is 0 Å². The third-order valence-corrected chi connectivity index (χ3v) is 2.95. The Kier molecular flexibility index (Phi) is 5.27. The molecule has 0 spiro atoms. The van der Waals surface area contributed by atoms with Gasteiger partial charge in [0.05, 0.1) is 6.04 Å². The third-order valence-electron chi connectivity index (χ3n) is 2.95. The van der Waals surface area contributed by atoms with E-state index in [1.54, 1.807) is 31.2 Å². The number of anilines is 2. The van der Waals surface area contributed by atoms with Crippen LogP contribution in [0.25, 0.3) is 0 Å². The lowest BCUT2D eigenvalue weighted by Crippen LogP contribution is -2.45. The van der Waals surface area contributed by atoms with E-state index >= 15 is 0 Å². The molecule has 0 aliphatic rings. The maximum Gasteiger partial charge on any atom is 0.241 e. The fourth-order valence-electron chi connectivity index (χ4n) is 1.54. The number of amides is 2. The summed E-state index contributed by atoms with van der Waals surface area (Å²) in [4.78, 5) is 23.4. The van der Waals surface area contributed by atoms with Crippen LogP contribution < -0.4 is 16.4 Å². The molecule has 5 heteroatoms. The number of hydrogen-bond acceptors (Lipinski definition) is 3. The number of nitrogens with one attached hydrogen (secondary N) is 2. The summed E-state index contributed by atoms with van der Waals surface area (Å²) in [7, 11) is 0. The van der Waals surface area contributed by atoms with E-state index in [1.165, 1.54) is 0 Å². The Morgan fingerprint density at radius 3 is 2.25 bits per heavy atom. The predicted molar refractivity (Wildman–Crippen MR) is 81.4 cm³/mol. The van der Waals surface area contributed by atoms with Gasteiger partial charge in [-0.15, -0.1) is 0 Å². The number of benzene rings is 1. The van der Waals surface area contributed by atoms with Crippen LogP contribution in [0.2, 0.25) is 0 Å². The average Bonchev–Trinajstić information content (AvgIpc) is 2.36. The maximum absolute atomic E-state index is 12.0. The van der Waals surface area contributed by atoms with Gasteiger partial charge in [-0.2, -0.15) is 0 Å². The molecule has 0 heterocycles. The van der Waals surface area contributed by atoms with Crippen molar-refractivity contribution in [2.24, 2.45) is 11.1 Å². The molecular weight excluding hydrogens is 254 g/mol. The summed E-state index contributed by atoms with van der Waals surface area (Å²) in [6.45, 7) is 7.52. The van der Waals surface area contributed by atoms with Crippen LogP contribution in [0.15, 0.2) is 24.3 Å². The smallest absolute Gasteiger partial charge is 0.241 e. The van der Waals surface area contributed by atoms with Crippen molar-refractivity contribution in [3.63, 3.8) is 0 Å². The van der Waals surface area contributed by atoms with Crippen molar-refractivity contribution in [2.75, 3.05) is 10.6 Å². The van der Waals surface area contributed by atoms with E-state index in [2.05, 4.69) is 10.6 Å². The molecule has 0 aliphatic heterocycles. The van der Waals surface area contributed by atoms with Gasteiger partial charge >= 0.3 is 0 Å². The molecule has 0 radical (unpaired) electrons. The highest BCUT2D eigenvalue weighted by molar-refractivity contribution is 5.96. The number of rotatable bonds is 4. The third kappa shape index (κ3) is 4.66. The van der Waals surface area contributed by atoms with Crippen LogP contribution >= 0.6 is 0 Å². The summed E-state index contributed by atoms with van der Waals surface area (Å²) in [6.07, 6.45) is 0.408. The first-order valence-electron chi connectivity index (χ1n) is 6.70. The van der Waals surface area contributed by atoms with E-state index in [4.69, 9.17) is 5.73 Å². The molecule has 5 nitrogen and oxygen atoms in total. The van der Waals surface area contributed by atoms with E-state index in [9.17, 15) is 9.59 Å². The second-order valence-corrected chi connectivity index (χ2v) is 5.82. The summed E-state index contributed by atoms with van der Waals surface area (Å²) >= 11 is 0. The Bertz CT molecular complexity index is 492. The molecule has 1 aromatic rings. The van der Waals surface area contributed by atoms with E-state index in [0.717, 1.165) is 0 Å². The number of nitrogens with two attached hydrogens (primary N) is 1. The van der Waals surface area contributed by atoms with Gasteiger partial charge in [-0.1, -0.05) is 33.8 Å². The molecule has 0 fully saturated rings. The minimum Gasteiger partial charge on any atom is -0.326 e. The van der Waals surface area contributed by atoms with Gasteiger partial charge in [-0.05, 0) is 23.6 Å². The maximum atomic E-state index is 12.0. The Labute approximate surface area is 119 Å². The van der Waals surface area contributed by atoms with Gasteiger partial charge in [0.1, 0.15) is 0 Å². The standard InChI is InChI=1S/C15H23N3O2/c1-5-12(19)17-10-7-6-8-11(9-10)18-14(20)13(16)15(2,3)4/h6-9,13H,5,16H2,1-4H3,(H,17,19)(H,18,20)/t13-/m1/s1. The quantitative estimate of drug-likeness (QED) is 0.789. The Morgan fingerprint density at radius 1 is 1.20 bits per heavy atom. The van der Waals surface area contributed by atoms with Crippen LogP contribution in [0.5, 0.6) is 0 Å². The lowest BCUT2D eigenvalue weighted by atomic mass is 9.87. The molecule has 1 aromatic carbocycles. The first-order valence-corrected chi connectivity index (χ1v) is 6.70. The molecule has 4 N–H and O–H groups in total. The molecule has 20 heavy (non-hydrogen) atoms. The first kappa shape index (κ1) is 16.2. The summed E-state index contributed by atoms with van der Waals surface area (Å²) in [6, 6.07) is 6.41. The Hall–Kier alpha value is -1.88. The molecule has 0 aliphatic carbocycles. The molecule has 2 amide bonds. The number of hydrogen-bond donors (Lipinski definition) is 3. The highest BCUT2D eigenvalue weighted by atomic mass is 16.2. The fourth-order valence-corrected chi connectivity index (χ4v) is 1.54. The normalized spacial score (nSPS) is 12.7. The molecule has 0 saturated heterocycles. The van der Waals surface area contributed by atoms with E-state index in [0.29, 0.717) is 17.8 Å². The second-order valence-electron chi connectivity index (χ2n) is 5.82. The predicted octanol–water partition coefficient (Wildman–Crippen LogP) is 2.35. The van der Waals surface area contributed by atoms with E-state index < -0.39 is 6.04 Å². The summed E-state index contributed by atoms with van der Waals surface area (Å²) in [5.74, 6) is -0.309. The van der Waals surface area contributed by atoms with E-state index in [1.807, 2.05) is 20.8 Å². The van der Waals surface area contributed by atoms with Crippen LogP contribution in [0.4, 0.5) is 11.4 Å². The molecule has 0 bridgehead atoms. The van der Waals surface area contributed by atoms with Gasteiger partial charge in [0.2, 0.25) is 11.8 Å². The fraction of sp³-hybridized carbons (Fsp3) is 0.467. The molecule has 0 aromatic heterocycles. The zero-order valence-corrected chi connectivity index (χ0v) is 12.5. The molecule has 1 atom stereocenters. The largest absolute Gasteiger partial charge is 0.326 e. The van der Waals surface area contributed by atoms with Gasteiger partial charge in [0.25, 0.3) is 0 Å². The van der Waals surface area contributed by atoms with Gasteiger partial charge < -0.3 is 16.4 Å². The van der Waals surface area contributed by atoms with Crippen LogP contribution in [-0.4, -0.2) is 17.9 Å². The molecule has 0 saturated carbocycles. The van der Waals surface area contributed by atoms with Crippen molar-refractivity contribution in [3.8, 4) is 0 Å². The van der Waals surface area contributed by atoms with Gasteiger partial charge in [-0.3, -0.25) is 9.59 Å². The SMILES string of the molecule is CCC(=O)Nc1cccc(NC(=O)[C@@H](N)C(C)(C)C)c1. The zero-order chi connectivity index (χ0) is 15.3. The van der Waals surface area contributed by atoms with Gasteiger partial charge in [-0.25, -0.2) is 0 Å². The van der Waals surface area contributed by atoms with Gasteiger partial charge in [0, 0.05) is 17.8 Å². The minimum atomic E-state index is -0.601. The number of carbonyl (C=O) groups is 2. The molecule has 110 valence electrons. The highest BCUT2D eigenvalue weighted by Gasteiger charge is 2.27. The first-order chi connectivity index (χ1) is 9.24. The van der Waals surface area contributed by atoms with Crippen molar-refractivity contribution in [2.45, 2.75) is 40.2 Å². The lowest BCUT2D eigenvalue weighted by molar-refractivity contribution is -0.119. The van der Waals surface area contributed by atoms with Crippen LogP contribution in [0.3, 0.4) is 0 Å². The minimum absolute atomic E-state index is 0.0696.